The number of allylic oxidation sites excluding steroid dienone is 3. The maximum absolute atomic E-state index is 13.4. The summed E-state index contributed by atoms with van der Waals surface area (Å²) in [4.78, 5) is 2.10. The van der Waals surface area contributed by atoms with Crippen LogP contribution in [0, 0.1) is 11.2 Å². The molecule has 1 atom stereocenters. The number of benzene rings is 1. The molecule has 0 spiro atoms. The molecule has 2 aliphatic rings. The van der Waals surface area contributed by atoms with Gasteiger partial charge in [0.25, 0.3) is 0 Å². The summed E-state index contributed by atoms with van der Waals surface area (Å²) in [7, 11) is 2.01. The average Bonchev–Trinajstić information content (AvgIpc) is 2.81. The lowest BCUT2D eigenvalue weighted by atomic mass is 9.68. The molecule has 0 saturated carbocycles. The Hall–Kier alpha value is -2.48. The Kier molecular flexibility index (Phi) is 7.87. The molecule has 0 amide bonds. The molecule has 4 N–H and O–H groups in total. The Morgan fingerprint density at radius 3 is 2.62 bits per heavy atom. The van der Waals surface area contributed by atoms with Crippen LogP contribution in [0.15, 0.2) is 83.7 Å². The summed E-state index contributed by atoms with van der Waals surface area (Å²) in [5, 5.41) is 2.56. The molecule has 0 aromatic heterocycles. The van der Waals surface area contributed by atoms with E-state index in [4.69, 9.17) is 11.6 Å². The van der Waals surface area contributed by atoms with E-state index >= 15 is 0 Å². The van der Waals surface area contributed by atoms with Gasteiger partial charge in [-0.1, -0.05) is 31.2 Å². The van der Waals surface area contributed by atoms with E-state index in [-0.39, 0.29) is 11.2 Å². The first-order valence-corrected chi connectivity index (χ1v) is 11.7. The van der Waals surface area contributed by atoms with Crippen LogP contribution < -0.4 is 16.5 Å². The second-order valence-corrected chi connectivity index (χ2v) is 9.38. The van der Waals surface area contributed by atoms with Gasteiger partial charge < -0.3 is 15.6 Å². The SMILES string of the molecule is C=CC1=C(N(C)c2ccc(F)cc2)C=C2CCN(S/C(=C/N)N(N)CCC)CC2(C=C)C1. The highest BCUT2D eigenvalue weighted by Crippen LogP contribution is 2.48. The van der Waals surface area contributed by atoms with Crippen molar-refractivity contribution in [1.29, 1.82) is 0 Å². The molecular formula is C25H34FN5S. The molecule has 5 nitrogen and oxygen atoms in total. The first kappa shape index (κ1) is 24.2. The zero-order chi connectivity index (χ0) is 23.3. The fraction of sp³-hybridized carbons (Fsp3) is 0.360. The molecular weight excluding hydrogens is 421 g/mol. The highest BCUT2D eigenvalue weighted by atomic mass is 32.2. The first-order chi connectivity index (χ1) is 15.4. The van der Waals surface area contributed by atoms with E-state index in [2.05, 4.69) is 41.4 Å². The molecule has 1 fully saturated rings. The van der Waals surface area contributed by atoms with E-state index in [1.165, 1.54) is 17.7 Å². The van der Waals surface area contributed by atoms with E-state index in [1.807, 2.05) is 13.1 Å². The number of nitrogens with zero attached hydrogens (tertiary/aromatic N) is 3. The van der Waals surface area contributed by atoms with Gasteiger partial charge in [0, 0.05) is 49.7 Å². The average molecular weight is 456 g/mol. The minimum absolute atomic E-state index is 0.175. The number of fused-ring (bicyclic) bond motifs is 1. The van der Waals surface area contributed by atoms with Crippen LogP contribution in [0.3, 0.4) is 0 Å². The summed E-state index contributed by atoms with van der Waals surface area (Å²) in [6.45, 7) is 12.8. The van der Waals surface area contributed by atoms with Crippen LogP contribution in [0.5, 0.6) is 0 Å². The van der Waals surface area contributed by atoms with Gasteiger partial charge in [0.2, 0.25) is 0 Å². The predicted molar refractivity (Wildman–Crippen MR) is 135 cm³/mol. The van der Waals surface area contributed by atoms with Crippen molar-refractivity contribution < 1.29 is 4.39 Å². The highest BCUT2D eigenvalue weighted by molar-refractivity contribution is 8.00. The molecule has 1 aromatic carbocycles. The minimum Gasteiger partial charge on any atom is -0.402 e. The fourth-order valence-electron chi connectivity index (χ4n) is 4.36. The summed E-state index contributed by atoms with van der Waals surface area (Å²) in [5.41, 5.74) is 10.2. The van der Waals surface area contributed by atoms with Gasteiger partial charge in [-0.2, -0.15) is 0 Å². The molecule has 7 heteroatoms. The zero-order valence-electron chi connectivity index (χ0n) is 19.1. The van der Waals surface area contributed by atoms with Gasteiger partial charge >= 0.3 is 0 Å². The monoisotopic (exact) mass is 455 g/mol. The number of hydrogen-bond acceptors (Lipinski definition) is 6. The summed E-state index contributed by atoms with van der Waals surface area (Å²) in [5.74, 6) is 5.93. The predicted octanol–water partition coefficient (Wildman–Crippen LogP) is 4.90. The second-order valence-electron chi connectivity index (χ2n) is 8.26. The maximum Gasteiger partial charge on any atom is 0.123 e. The fourth-order valence-corrected chi connectivity index (χ4v) is 5.36. The van der Waals surface area contributed by atoms with Crippen molar-refractivity contribution in [3.05, 3.63) is 89.5 Å². The van der Waals surface area contributed by atoms with Crippen molar-refractivity contribution in [1.82, 2.24) is 9.31 Å². The van der Waals surface area contributed by atoms with Gasteiger partial charge in [0.15, 0.2) is 0 Å². The van der Waals surface area contributed by atoms with E-state index in [1.54, 1.807) is 35.3 Å². The van der Waals surface area contributed by atoms with Crippen molar-refractivity contribution in [2.24, 2.45) is 17.0 Å². The van der Waals surface area contributed by atoms with E-state index in [0.717, 1.165) is 60.9 Å². The Bertz CT molecular complexity index is 936. The largest absolute Gasteiger partial charge is 0.402 e. The zero-order valence-corrected chi connectivity index (χ0v) is 19.9. The number of nitrogens with two attached hydrogens (primary N) is 2. The second kappa shape index (κ2) is 10.4. The summed E-state index contributed by atoms with van der Waals surface area (Å²) < 4.78 is 15.7. The van der Waals surface area contributed by atoms with Gasteiger partial charge in [-0.15, -0.1) is 6.58 Å². The van der Waals surface area contributed by atoms with E-state index in [9.17, 15) is 4.39 Å². The number of piperidine rings is 1. The smallest absolute Gasteiger partial charge is 0.123 e. The lowest BCUT2D eigenvalue weighted by molar-refractivity contribution is 0.274. The van der Waals surface area contributed by atoms with Crippen LogP contribution in [-0.2, 0) is 0 Å². The molecule has 1 unspecified atom stereocenters. The molecule has 32 heavy (non-hydrogen) atoms. The van der Waals surface area contributed by atoms with Crippen LogP contribution >= 0.6 is 11.9 Å². The van der Waals surface area contributed by atoms with Crippen LogP contribution in [0.2, 0.25) is 0 Å². The van der Waals surface area contributed by atoms with Gasteiger partial charge in [-0.25, -0.2) is 14.5 Å². The standard InChI is InChI=1S/C25H34FN5S/c1-5-13-31(28)24(17-27)32-30-14-12-20-15-23(19(6-2)16-25(20,7-3)18-30)29(4)22-10-8-21(26)9-11-22/h6-11,15,17H,2-3,5,12-14,16,18,27-28H2,1,4H3/b24-17+. The van der Waals surface area contributed by atoms with Gasteiger partial charge in [-0.3, -0.25) is 0 Å². The topological polar surface area (TPSA) is 61.8 Å². The molecule has 1 saturated heterocycles. The number of rotatable bonds is 9. The number of hydrazine groups is 1. The Morgan fingerprint density at radius 1 is 1.31 bits per heavy atom. The Balaban J connectivity index is 1.85. The Morgan fingerprint density at radius 2 is 2.03 bits per heavy atom. The summed E-state index contributed by atoms with van der Waals surface area (Å²) in [6, 6.07) is 6.57. The molecule has 172 valence electrons. The van der Waals surface area contributed by atoms with Crippen LogP contribution in [-0.4, -0.2) is 36.0 Å². The third-order valence-corrected chi connectivity index (χ3v) is 7.33. The molecule has 1 aromatic rings. The van der Waals surface area contributed by atoms with E-state index in [0.29, 0.717) is 0 Å². The maximum atomic E-state index is 13.4. The molecule has 1 aliphatic heterocycles. The quantitative estimate of drug-likeness (QED) is 0.239. The highest BCUT2D eigenvalue weighted by Gasteiger charge is 2.41. The van der Waals surface area contributed by atoms with Crippen molar-refractivity contribution in [2.75, 3.05) is 31.6 Å². The van der Waals surface area contributed by atoms with E-state index < -0.39 is 0 Å². The molecule has 1 aliphatic carbocycles. The third kappa shape index (κ3) is 4.95. The Labute approximate surface area is 195 Å². The number of anilines is 1. The number of likely N-dealkylation sites (N-methyl/N-ethyl adjacent to an activating group) is 1. The normalized spacial score (nSPS) is 21.6. The number of halogens is 1. The molecule has 0 bridgehead atoms. The van der Waals surface area contributed by atoms with Gasteiger partial charge in [0.1, 0.15) is 10.8 Å². The summed E-state index contributed by atoms with van der Waals surface area (Å²) >= 11 is 1.61. The molecule has 0 radical (unpaired) electrons. The van der Waals surface area contributed by atoms with Crippen molar-refractivity contribution >= 4 is 17.6 Å². The van der Waals surface area contributed by atoms with Crippen molar-refractivity contribution in [3.63, 3.8) is 0 Å². The van der Waals surface area contributed by atoms with Crippen LogP contribution in [0.25, 0.3) is 0 Å². The minimum atomic E-state index is -0.238. The van der Waals surface area contributed by atoms with Gasteiger partial charge in [0.05, 0.1) is 0 Å². The number of hydrogen-bond donors (Lipinski definition) is 2. The van der Waals surface area contributed by atoms with Crippen molar-refractivity contribution in [2.45, 2.75) is 26.2 Å². The molecule has 1 heterocycles. The van der Waals surface area contributed by atoms with Crippen LogP contribution in [0.4, 0.5) is 10.1 Å². The third-order valence-electron chi connectivity index (χ3n) is 6.20. The first-order valence-electron chi connectivity index (χ1n) is 10.9. The lowest BCUT2D eigenvalue weighted by Gasteiger charge is -2.46. The van der Waals surface area contributed by atoms with Crippen LogP contribution in [0.1, 0.15) is 26.2 Å². The lowest BCUT2D eigenvalue weighted by Crippen LogP contribution is -2.43. The van der Waals surface area contributed by atoms with Crippen molar-refractivity contribution in [3.8, 4) is 0 Å². The van der Waals surface area contributed by atoms with Gasteiger partial charge in [-0.05, 0) is 67.1 Å². The molecule has 3 rings (SSSR count). The summed E-state index contributed by atoms with van der Waals surface area (Å²) in [6.07, 6.45) is 10.5.